The summed E-state index contributed by atoms with van der Waals surface area (Å²) >= 11 is 0. The molecule has 1 unspecified atom stereocenters. The Hall–Kier alpha value is -3.10. The van der Waals surface area contributed by atoms with E-state index in [1.54, 1.807) is 30.3 Å². The van der Waals surface area contributed by atoms with Gasteiger partial charge in [0.1, 0.15) is 11.6 Å². The average Bonchev–Trinajstić information content (AvgIpc) is 2.78. The van der Waals surface area contributed by atoms with E-state index in [9.17, 15) is 9.90 Å². The third-order valence-corrected chi connectivity index (χ3v) is 5.73. The molecule has 0 radical (unpaired) electrons. The number of amidine groups is 1. The molecule has 2 aromatic carbocycles. The summed E-state index contributed by atoms with van der Waals surface area (Å²) in [5.74, 6) is -0.351. The predicted octanol–water partition coefficient (Wildman–Crippen LogP) is 3.00. The Balaban J connectivity index is 1.99. The largest absolute Gasteiger partial charge is 0.494 e. The first kappa shape index (κ1) is 23.6. The first-order chi connectivity index (χ1) is 15.4. The van der Waals surface area contributed by atoms with Crippen molar-refractivity contribution in [2.24, 2.45) is 5.73 Å². The molecule has 1 aliphatic rings. The van der Waals surface area contributed by atoms with E-state index in [-0.39, 0.29) is 5.84 Å². The summed E-state index contributed by atoms with van der Waals surface area (Å²) in [7, 11) is 0. The summed E-state index contributed by atoms with van der Waals surface area (Å²) in [5.41, 5.74) is 7.05. The number of aliphatic carboxylic acids is 1. The van der Waals surface area contributed by atoms with Gasteiger partial charge in [-0.1, -0.05) is 13.0 Å². The number of hydrogen-bond donors (Lipinski definition) is 4. The second kappa shape index (κ2) is 10.5. The molecule has 32 heavy (non-hydrogen) atoms. The lowest BCUT2D eigenvalue weighted by Gasteiger charge is -2.32. The Bertz CT molecular complexity index is 942. The fraction of sp³-hybridized carbons (Fsp3) is 0.417. The van der Waals surface area contributed by atoms with Gasteiger partial charge in [-0.3, -0.25) is 10.3 Å². The number of carboxylic acid groups (broad SMARTS) is 1. The van der Waals surface area contributed by atoms with Crippen molar-refractivity contribution in [3.05, 3.63) is 59.2 Å². The summed E-state index contributed by atoms with van der Waals surface area (Å²) < 4.78 is 11.2. The Morgan fingerprint density at radius 2 is 1.91 bits per heavy atom. The first-order valence-electron chi connectivity index (χ1n) is 10.9. The van der Waals surface area contributed by atoms with Crippen LogP contribution in [-0.2, 0) is 21.6 Å². The monoisotopic (exact) mass is 440 g/mol. The molecule has 1 fully saturated rings. The quantitative estimate of drug-likeness (QED) is 0.331. The number of morpholine rings is 1. The van der Waals surface area contributed by atoms with Crippen molar-refractivity contribution in [1.82, 2.24) is 4.90 Å². The average molecular weight is 441 g/mol. The van der Waals surface area contributed by atoms with Crippen molar-refractivity contribution in [2.45, 2.75) is 32.4 Å². The van der Waals surface area contributed by atoms with Crippen molar-refractivity contribution in [2.75, 3.05) is 38.2 Å². The maximum atomic E-state index is 12.6. The Morgan fingerprint density at radius 1 is 1.22 bits per heavy atom. The number of hydrogen-bond acceptors (Lipinski definition) is 6. The van der Waals surface area contributed by atoms with Crippen LogP contribution in [0, 0.1) is 5.41 Å². The van der Waals surface area contributed by atoms with Crippen LogP contribution in [0.1, 0.15) is 37.0 Å². The van der Waals surface area contributed by atoms with Gasteiger partial charge in [0.15, 0.2) is 5.54 Å². The molecule has 8 nitrogen and oxygen atoms in total. The summed E-state index contributed by atoms with van der Waals surface area (Å²) in [5, 5.41) is 21.1. The van der Waals surface area contributed by atoms with Crippen LogP contribution in [0.4, 0.5) is 5.69 Å². The summed E-state index contributed by atoms with van der Waals surface area (Å²) in [6, 6.07) is 12.6. The second-order valence-corrected chi connectivity index (χ2v) is 7.87. The van der Waals surface area contributed by atoms with Crippen LogP contribution >= 0.6 is 0 Å². The SMILES string of the molecule is CCOc1cc(CN2CCOCC2)cc(C(CC)(Nc2ccc(C(=N)N)cc2)C(=O)O)c1. The third-order valence-electron chi connectivity index (χ3n) is 5.73. The van der Waals surface area contributed by atoms with E-state index < -0.39 is 11.5 Å². The minimum atomic E-state index is -1.34. The van der Waals surface area contributed by atoms with Crippen molar-refractivity contribution in [3.8, 4) is 5.75 Å². The number of carboxylic acids is 1. The van der Waals surface area contributed by atoms with Gasteiger partial charge in [0.2, 0.25) is 0 Å². The maximum absolute atomic E-state index is 12.6. The highest BCUT2D eigenvalue weighted by molar-refractivity contribution is 5.95. The molecule has 1 saturated heterocycles. The predicted molar refractivity (Wildman–Crippen MR) is 124 cm³/mol. The number of rotatable bonds is 10. The molecule has 0 saturated carbocycles. The molecule has 8 heteroatoms. The molecule has 0 bridgehead atoms. The lowest BCUT2D eigenvalue weighted by Crippen LogP contribution is -2.43. The maximum Gasteiger partial charge on any atom is 0.334 e. The highest BCUT2D eigenvalue weighted by atomic mass is 16.5. The molecule has 1 atom stereocenters. The van der Waals surface area contributed by atoms with Gasteiger partial charge in [0.05, 0.1) is 19.8 Å². The first-order valence-corrected chi connectivity index (χ1v) is 10.9. The minimum Gasteiger partial charge on any atom is -0.494 e. The number of nitrogens with one attached hydrogen (secondary N) is 2. The van der Waals surface area contributed by atoms with Gasteiger partial charge < -0.3 is 25.6 Å². The minimum absolute atomic E-state index is 0.0336. The molecule has 0 amide bonds. The van der Waals surface area contributed by atoms with Crippen molar-refractivity contribution >= 4 is 17.5 Å². The van der Waals surface area contributed by atoms with Gasteiger partial charge in [0.25, 0.3) is 0 Å². The molecule has 0 spiro atoms. The smallest absolute Gasteiger partial charge is 0.334 e. The lowest BCUT2D eigenvalue weighted by molar-refractivity contribution is -0.142. The van der Waals surface area contributed by atoms with Crippen LogP contribution in [0.2, 0.25) is 0 Å². The highest BCUT2D eigenvalue weighted by Crippen LogP contribution is 2.34. The van der Waals surface area contributed by atoms with E-state index in [4.69, 9.17) is 20.6 Å². The molecular formula is C24H32N4O4. The number of ether oxygens (including phenoxy) is 2. The summed E-state index contributed by atoms with van der Waals surface area (Å²) in [6.07, 6.45) is 0.323. The van der Waals surface area contributed by atoms with Crippen LogP contribution in [0.25, 0.3) is 0 Å². The molecule has 0 aliphatic carbocycles. The van der Waals surface area contributed by atoms with Crippen molar-refractivity contribution in [3.63, 3.8) is 0 Å². The standard InChI is InChI=1S/C24H32N4O4/c1-3-24(23(29)30,27-20-7-5-18(6-8-20)22(25)26)19-13-17(14-21(15-19)32-4-2)16-28-9-11-31-12-10-28/h5-8,13-15,27H,3-4,9-12,16H2,1-2H3,(H3,25,26)(H,29,30). The number of benzene rings is 2. The molecule has 1 heterocycles. The van der Waals surface area contributed by atoms with Gasteiger partial charge in [-0.2, -0.15) is 0 Å². The van der Waals surface area contributed by atoms with Crippen LogP contribution < -0.4 is 15.8 Å². The second-order valence-electron chi connectivity index (χ2n) is 7.87. The molecule has 5 N–H and O–H groups in total. The molecular weight excluding hydrogens is 408 g/mol. The zero-order valence-corrected chi connectivity index (χ0v) is 18.7. The zero-order valence-electron chi connectivity index (χ0n) is 18.7. The van der Waals surface area contributed by atoms with Crippen LogP contribution in [0.15, 0.2) is 42.5 Å². The number of nitrogens with two attached hydrogens (primary N) is 1. The van der Waals surface area contributed by atoms with Gasteiger partial charge in [-0.05, 0) is 60.9 Å². The van der Waals surface area contributed by atoms with Gasteiger partial charge in [0, 0.05) is 30.9 Å². The van der Waals surface area contributed by atoms with E-state index in [2.05, 4.69) is 10.2 Å². The van der Waals surface area contributed by atoms with E-state index in [0.717, 1.165) is 18.7 Å². The molecule has 172 valence electrons. The van der Waals surface area contributed by atoms with Crippen LogP contribution in [0.3, 0.4) is 0 Å². The fourth-order valence-electron chi connectivity index (χ4n) is 3.94. The molecule has 3 rings (SSSR count). The molecule has 1 aliphatic heterocycles. The number of nitrogen functional groups attached to an aromatic ring is 1. The zero-order chi connectivity index (χ0) is 23.1. The highest BCUT2D eigenvalue weighted by Gasteiger charge is 2.39. The molecule has 2 aromatic rings. The van der Waals surface area contributed by atoms with E-state index >= 15 is 0 Å². The van der Waals surface area contributed by atoms with E-state index in [0.29, 0.717) is 55.4 Å². The Labute approximate surface area is 188 Å². The third kappa shape index (κ3) is 5.38. The topological polar surface area (TPSA) is 121 Å². The lowest BCUT2D eigenvalue weighted by atomic mass is 9.85. The number of nitrogens with zero attached hydrogens (tertiary/aromatic N) is 1. The van der Waals surface area contributed by atoms with E-state index in [1.807, 2.05) is 26.0 Å². The summed E-state index contributed by atoms with van der Waals surface area (Å²) in [4.78, 5) is 14.9. The van der Waals surface area contributed by atoms with Crippen LogP contribution in [-0.4, -0.2) is 54.7 Å². The van der Waals surface area contributed by atoms with Crippen molar-refractivity contribution in [1.29, 1.82) is 5.41 Å². The van der Waals surface area contributed by atoms with Crippen LogP contribution in [0.5, 0.6) is 5.75 Å². The summed E-state index contributed by atoms with van der Waals surface area (Å²) in [6.45, 7) is 8.03. The molecule has 0 aromatic heterocycles. The van der Waals surface area contributed by atoms with Crippen molar-refractivity contribution < 1.29 is 19.4 Å². The normalized spacial score (nSPS) is 16.2. The Kier molecular flexibility index (Phi) is 7.71. The van der Waals surface area contributed by atoms with E-state index in [1.165, 1.54) is 0 Å². The number of anilines is 1. The van der Waals surface area contributed by atoms with Gasteiger partial charge in [-0.15, -0.1) is 0 Å². The number of carbonyl (C=O) groups is 1. The van der Waals surface area contributed by atoms with Gasteiger partial charge >= 0.3 is 5.97 Å². The Morgan fingerprint density at radius 3 is 2.47 bits per heavy atom. The fourth-order valence-corrected chi connectivity index (χ4v) is 3.94. The van der Waals surface area contributed by atoms with Gasteiger partial charge in [-0.25, -0.2) is 4.79 Å².